The van der Waals surface area contributed by atoms with Gasteiger partial charge in [0.05, 0.1) is 23.7 Å². The normalized spacial score (nSPS) is 38.1. The lowest BCUT2D eigenvalue weighted by Crippen LogP contribution is -2.62. The van der Waals surface area contributed by atoms with Crippen LogP contribution in [0.15, 0.2) is 36.0 Å². The van der Waals surface area contributed by atoms with Crippen LogP contribution in [0.2, 0.25) is 0 Å². The van der Waals surface area contributed by atoms with Crippen molar-refractivity contribution >= 4 is 29.8 Å². The number of methoxy groups -OCH3 is 1. The number of carbonyl (C=O) groups is 2. The molecule has 41 heavy (non-hydrogen) atoms. The van der Waals surface area contributed by atoms with Crippen LogP contribution in [0.25, 0.3) is 11.8 Å². The van der Waals surface area contributed by atoms with Gasteiger partial charge in [0.1, 0.15) is 5.82 Å². The first-order valence-corrected chi connectivity index (χ1v) is 15.2. The van der Waals surface area contributed by atoms with E-state index < -0.39 is 33.8 Å². The lowest BCUT2D eigenvalue weighted by Gasteiger charge is -2.60. The highest BCUT2D eigenvalue weighted by Crippen LogP contribution is 2.69. The topological polar surface area (TPSA) is 90.7 Å². The van der Waals surface area contributed by atoms with E-state index in [1.165, 1.54) is 24.8 Å². The standard InChI is InChI=1S/C32H37FN2O5S/c1-29-15-18-17-34-35(21-7-5-20(33)6-8-21)24(18)14-19(29)4-9-22-23-10-11-32(28(38)41,30(23,2)16-25(36)26(22)29)40-27(37)31(39-3)12-13-31/h5-8,14,17,22-23,25-26,36H,4,9-13,15-16H2,1-3H3,(H,38,41)/t22-,23-,25-,26+,29-,30-,32-/m0/s1. The lowest BCUT2D eigenvalue weighted by atomic mass is 9.45. The van der Waals surface area contributed by atoms with Gasteiger partial charge in [-0.25, -0.2) is 13.9 Å². The Morgan fingerprint density at radius 1 is 1.15 bits per heavy atom. The molecule has 1 aromatic heterocycles. The second-order valence-corrected chi connectivity index (χ2v) is 13.9. The number of halogens is 1. The van der Waals surface area contributed by atoms with Crippen molar-refractivity contribution in [2.75, 3.05) is 7.11 Å². The van der Waals surface area contributed by atoms with Crippen LogP contribution in [-0.4, -0.2) is 50.4 Å². The molecule has 1 heterocycles. The smallest absolute Gasteiger partial charge is 0.339 e. The molecule has 0 unspecified atom stereocenters. The molecule has 1 N–H and O–H groups in total. The van der Waals surface area contributed by atoms with E-state index in [0.717, 1.165) is 42.6 Å². The zero-order valence-electron chi connectivity index (χ0n) is 23.7. The predicted octanol–water partition coefficient (Wildman–Crippen LogP) is 5.08. The summed E-state index contributed by atoms with van der Waals surface area (Å²) in [6.45, 7) is 4.29. The van der Waals surface area contributed by atoms with Gasteiger partial charge in [0.2, 0.25) is 5.12 Å². The Morgan fingerprint density at radius 2 is 1.88 bits per heavy atom. The molecule has 9 heteroatoms. The minimum absolute atomic E-state index is 0.00170. The molecule has 5 aliphatic carbocycles. The third-order valence-corrected chi connectivity index (χ3v) is 12.1. The van der Waals surface area contributed by atoms with Gasteiger partial charge < -0.3 is 14.6 Å². The Labute approximate surface area is 244 Å². The number of thiol groups is 1. The minimum Gasteiger partial charge on any atom is -0.447 e. The van der Waals surface area contributed by atoms with Gasteiger partial charge in [-0.2, -0.15) is 5.10 Å². The SMILES string of the molecule is COC1(C(=O)O[C@]2(C(=O)S)CC[C@H]3[C@@H]4CCC5=Cc6c(cnn6-c6ccc(F)cc6)C[C@]5(C)[C@H]4[C@@H](O)C[C@@]32C)CC1. The molecular formula is C32H37FN2O5S. The summed E-state index contributed by atoms with van der Waals surface area (Å²) in [6, 6.07) is 6.35. The van der Waals surface area contributed by atoms with Gasteiger partial charge in [-0.1, -0.05) is 19.4 Å². The van der Waals surface area contributed by atoms with Crippen molar-refractivity contribution in [2.24, 2.45) is 28.6 Å². The van der Waals surface area contributed by atoms with Crippen molar-refractivity contribution in [1.82, 2.24) is 9.78 Å². The average Bonchev–Trinajstić information content (AvgIpc) is 3.56. The number of aromatic nitrogens is 2. The molecule has 218 valence electrons. The van der Waals surface area contributed by atoms with Crippen LogP contribution in [0.4, 0.5) is 4.39 Å². The average molecular weight is 581 g/mol. The lowest BCUT2D eigenvalue weighted by molar-refractivity contribution is -0.204. The van der Waals surface area contributed by atoms with Gasteiger partial charge in [0, 0.05) is 12.5 Å². The van der Waals surface area contributed by atoms with E-state index in [1.807, 2.05) is 17.8 Å². The summed E-state index contributed by atoms with van der Waals surface area (Å²) in [5.41, 5.74) is 0.889. The number of hydrogen-bond acceptors (Lipinski definition) is 6. The Morgan fingerprint density at radius 3 is 2.54 bits per heavy atom. The fourth-order valence-corrected chi connectivity index (χ4v) is 9.79. The number of aliphatic hydroxyl groups excluding tert-OH is 1. The zero-order chi connectivity index (χ0) is 28.9. The van der Waals surface area contributed by atoms with Gasteiger partial charge in [0.25, 0.3) is 0 Å². The number of fused-ring (bicyclic) bond motifs is 6. The number of allylic oxidation sites excluding steroid dienone is 1. The number of aliphatic hydroxyl groups is 1. The second-order valence-electron chi connectivity index (χ2n) is 13.5. The molecule has 7 rings (SSSR count). The van der Waals surface area contributed by atoms with Crippen LogP contribution < -0.4 is 0 Å². The Hall–Kier alpha value is -2.49. The Balaban J connectivity index is 1.22. The number of nitrogens with zero attached hydrogens (tertiary/aromatic N) is 2. The summed E-state index contributed by atoms with van der Waals surface area (Å²) in [5, 5.41) is 16.2. The molecule has 7 atom stereocenters. The quantitative estimate of drug-likeness (QED) is 0.379. The van der Waals surface area contributed by atoms with Gasteiger partial charge in [-0.15, -0.1) is 12.6 Å². The highest BCUT2D eigenvalue weighted by molar-refractivity contribution is 7.96. The third-order valence-electron chi connectivity index (χ3n) is 11.7. The molecule has 0 radical (unpaired) electrons. The van der Waals surface area contributed by atoms with E-state index in [4.69, 9.17) is 9.47 Å². The van der Waals surface area contributed by atoms with Crippen LogP contribution in [0.3, 0.4) is 0 Å². The first kappa shape index (κ1) is 27.3. The third kappa shape index (κ3) is 3.67. The second kappa shape index (κ2) is 9.01. The van der Waals surface area contributed by atoms with E-state index in [9.17, 15) is 19.1 Å². The minimum atomic E-state index is -1.38. The maximum Gasteiger partial charge on any atom is 0.339 e. The summed E-state index contributed by atoms with van der Waals surface area (Å²) in [7, 11) is 1.50. The molecule has 0 bridgehead atoms. The predicted molar refractivity (Wildman–Crippen MR) is 153 cm³/mol. The highest BCUT2D eigenvalue weighted by atomic mass is 32.1. The van der Waals surface area contributed by atoms with Gasteiger partial charge in [-0.3, -0.25) is 4.79 Å². The Kier molecular flexibility index (Phi) is 6.01. The fourth-order valence-electron chi connectivity index (χ4n) is 9.38. The zero-order valence-corrected chi connectivity index (χ0v) is 24.6. The first-order valence-electron chi connectivity index (χ1n) is 14.7. The number of carbonyl (C=O) groups excluding carboxylic acids is 2. The highest BCUT2D eigenvalue weighted by Gasteiger charge is 2.71. The van der Waals surface area contributed by atoms with Crippen molar-refractivity contribution in [1.29, 1.82) is 0 Å². The van der Waals surface area contributed by atoms with Crippen molar-refractivity contribution in [3.05, 3.63) is 53.1 Å². The number of benzene rings is 1. The summed E-state index contributed by atoms with van der Waals surface area (Å²) in [5.74, 6) is -0.490. The van der Waals surface area contributed by atoms with Crippen LogP contribution in [-0.2, 0) is 25.5 Å². The van der Waals surface area contributed by atoms with Crippen molar-refractivity contribution in [2.45, 2.75) is 82.5 Å². The summed E-state index contributed by atoms with van der Waals surface area (Å²) >= 11 is 4.30. The monoisotopic (exact) mass is 580 g/mol. The molecule has 4 fully saturated rings. The summed E-state index contributed by atoms with van der Waals surface area (Å²) < 4.78 is 27.1. The van der Waals surface area contributed by atoms with Crippen LogP contribution in [0.1, 0.15) is 70.1 Å². The molecule has 7 nitrogen and oxygen atoms in total. The molecule has 1 aromatic carbocycles. The van der Waals surface area contributed by atoms with Gasteiger partial charge in [0.15, 0.2) is 11.2 Å². The van der Waals surface area contributed by atoms with Crippen LogP contribution >= 0.6 is 12.6 Å². The van der Waals surface area contributed by atoms with Crippen molar-refractivity contribution in [3.63, 3.8) is 0 Å². The molecule has 0 saturated heterocycles. The van der Waals surface area contributed by atoms with Gasteiger partial charge >= 0.3 is 5.97 Å². The number of rotatable bonds is 5. The van der Waals surface area contributed by atoms with E-state index in [2.05, 4.69) is 30.7 Å². The van der Waals surface area contributed by atoms with Crippen LogP contribution in [0.5, 0.6) is 0 Å². The van der Waals surface area contributed by atoms with Crippen molar-refractivity contribution in [3.8, 4) is 5.69 Å². The van der Waals surface area contributed by atoms with E-state index in [-0.39, 0.29) is 29.0 Å². The number of ether oxygens (including phenoxy) is 2. The molecule has 0 spiro atoms. The molecule has 5 aliphatic rings. The van der Waals surface area contributed by atoms with E-state index in [0.29, 0.717) is 25.7 Å². The van der Waals surface area contributed by atoms with E-state index in [1.54, 1.807) is 12.1 Å². The summed E-state index contributed by atoms with van der Waals surface area (Å²) in [6.07, 6.45) is 8.63. The Bertz CT molecular complexity index is 1470. The molecular weight excluding hydrogens is 543 g/mol. The maximum atomic E-state index is 13.6. The van der Waals surface area contributed by atoms with Crippen LogP contribution in [0, 0.1) is 34.4 Å². The largest absolute Gasteiger partial charge is 0.447 e. The van der Waals surface area contributed by atoms with E-state index >= 15 is 0 Å². The number of hydrogen-bond donors (Lipinski definition) is 2. The fraction of sp³-hybridized carbons (Fsp3) is 0.594. The summed E-state index contributed by atoms with van der Waals surface area (Å²) in [4.78, 5) is 26.5. The van der Waals surface area contributed by atoms with Crippen molar-refractivity contribution < 1.29 is 28.6 Å². The molecule has 0 aliphatic heterocycles. The molecule has 0 amide bonds. The molecule has 2 aromatic rings. The maximum absolute atomic E-state index is 13.6. The number of esters is 1. The molecule has 4 saturated carbocycles. The van der Waals surface area contributed by atoms with Gasteiger partial charge in [-0.05, 0) is 110 Å². The first-order chi connectivity index (χ1) is 19.5.